The summed E-state index contributed by atoms with van der Waals surface area (Å²) in [7, 11) is 0. The summed E-state index contributed by atoms with van der Waals surface area (Å²) in [4.78, 5) is 34.4. The lowest BCUT2D eigenvalue weighted by molar-refractivity contribution is -0.484. The van der Waals surface area contributed by atoms with Crippen LogP contribution >= 0.6 is 0 Å². The van der Waals surface area contributed by atoms with Crippen LogP contribution < -0.4 is 0 Å². The molecule has 0 radical (unpaired) electrons. The van der Waals surface area contributed by atoms with Gasteiger partial charge in [0, 0.05) is 18.3 Å². The molecule has 0 aromatic heterocycles. The Hall–Kier alpha value is -1.22. The van der Waals surface area contributed by atoms with E-state index in [0.29, 0.717) is 5.92 Å². The molecule has 4 aliphatic heterocycles. The van der Waals surface area contributed by atoms with E-state index in [9.17, 15) is 9.59 Å². The predicted molar refractivity (Wildman–Crippen MR) is 89.8 cm³/mol. The molecular formula is C19H28O8. The maximum absolute atomic E-state index is 12.1. The zero-order chi connectivity index (χ0) is 19.4. The zero-order valence-corrected chi connectivity index (χ0v) is 16.0. The highest BCUT2D eigenvalue weighted by atomic mass is 17.2. The van der Waals surface area contributed by atoms with Crippen molar-refractivity contribution in [3.63, 3.8) is 0 Å². The van der Waals surface area contributed by atoms with E-state index in [1.165, 1.54) is 0 Å². The van der Waals surface area contributed by atoms with Crippen molar-refractivity contribution in [2.24, 2.45) is 23.7 Å². The number of hydrogen-bond donors (Lipinski definition) is 1. The summed E-state index contributed by atoms with van der Waals surface area (Å²) in [5, 5.41) is 8.75. The molecular weight excluding hydrogens is 356 g/mol. The molecule has 2 bridgehead atoms. The third kappa shape index (κ3) is 3.16. The lowest BCUT2D eigenvalue weighted by Gasteiger charge is -2.55. The lowest BCUT2D eigenvalue weighted by Crippen LogP contribution is -2.62. The quantitative estimate of drug-likeness (QED) is 0.583. The summed E-state index contributed by atoms with van der Waals surface area (Å²) in [6.07, 6.45) is 1.77. The molecule has 1 saturated carbocycles. The second-order valence-electron chi connectivity index (χ2n) is 8.66. The van der Waals surface area contributed by atoms with Crippen molar-refractivity contribution in [1.82, 2.24) is 0 Å². The van der Waals surface area contributed by atoms with E-state index >= 15 is 0 Å². The van der Waals surface area contributed by atoms with E-state index in [1.807, 2.05) is 13.8 Å². The first-order valence-corrected chi connectivity index (χ1v) is 9.85. The van der Waals surface area contributed by atoms with Crippen molar-refractivity contribution in [3.8, 4) is 0 Å². The van der Waals surface area contributed by atoms with Gasteiger partial charge in [-0.25, -0.2) is 9.78 Å². The van der Waals surface area contributed by atoms with Crippen LogP contribution in [0.25, 0.3) is 0 Å². The number of rotatable bonds is 4. The van der Waals surface area contributed by atoms with Crippen LogP contribution in [0.2, 0.25) is 0 Å². The predicted octanol–water partition coefficient (Wildman–Crippen LogP) is 2.60. The minimum atomic E-state index is -1.03. The van der Waals surface area contributed by atoms with Crippen LogP contribution in [0, 0.1) is 23.7 Å². The molecule has 8 atom stereocenters. The highest BCUT2D eigenvalue weighted by molar-refractivity contribution is 5.76. The molecule has 8 heteroatoms. The molecule has 0 aromatic rings. The van der Waals surface area contributed by atoms with Gasteiger partial charge in [-0.05, 0) is 38.0 Å². The molecule has 27 heavy (non-hydrogen) atoms. The minimum absolute atomic E-state index is 0.00884. The van der Waals surface area contributed by atoms with Crippen LogP contribution in [0.5, 0.6) is 0 Å². The van der Waals surface area contributed by atoms with Gasteiger partial charge in [-0.1, -0.05) is 13.8 Å². The largest absolute Gasteiger partial charge is 0.481 e. The number of hydrogen-bond acceptors (Lipinski definition) is 7. The molecule has 1 N–H and O–H groups in total. The van der Waals surface area contributed by atoms with Gasteiger partial charge in [-0.2, -0.15) is 0 Å². The second-order valence-corrected chi connectivity index (χ2v) is 8.66. The Morgan fingerprint density at radius 2 is 1.93 bits per heavy atom. The lowest BCUT2D eigenvalue weighted by atomic mass is 9.58. The topological polar surface area (TPSA) is 101 Å². The van der Waals surface area contributed by atoms with Crippen molar-refractivity contribution in [2.45, 2.75) is 83.3 Å². The van der Waals surface area contributed by atoms with Gasteiger partial charge in [0.1, 0.15) is 5.60 Å². The fraction of sp³-hybridized carbons (Fsp3) is 0.895. The van der Waals surface area contributed by atoms with Crippen molar-refractivity contribution >= 4 is 11.9 Å². The van der Waals surface area contributed by atoms with Crippen LogP contribution in [0.4, 0.5) is 0 Å². The summed E-state index contributed by atoms with van der Waals surface area (Å²) >= 11 is 0. The van der Waals surface area contributed by atoms with Gasteiger partial charge in [-0.3, -0.25) is 9.59 Å². The van der Waals surface area contributed by atoms with Crippen molar-refractivity contribution in [3.05, 3.63) is 0 Å². The summed E-state index contributed by atoms with van der Waals surface area (Å²) in [6.45, 7) is 6.04. The fourth-order valence-corrected chi connectivity index (χ4v) is 5.30. The van der Waals surface area contributed by atoms with Gasteiger partial charge in [0.2, 0.25) is 12.1 Å². The molecule has 5 fully saturated rings. The Morgan fingerprint density at radius 3 is 2.59 bits per heavy atom. The molecule has 8 unspecified atom stereocenters. The van der Waals surface area contributed by atoms with E-state index in [-0.39, 0.29) is 30.6 Å². The molecule has 5 rings (SSSR count). The van der Waals surface area contributed by atoms with E-state index in [4.69, 9.17) is 29.1 Å². The summed E-state index contributed by atoms with van der Waals surface area (Å²) in [6, 6.07) is 0. The average Bonchev–Trinajstić information content (AvgIpc) is 2.82. The molecule has 1 spiro atoms. The fourth-order valence-electron chi connectivity index (χ4n) is 5.30. The van der Waals surface area contributed by atoms with Crippen LogP contribution in [-0.4, -0.2) is 41.0 Å². The highest BCUT2D eigenvalue weighted by Crippen LogP contribution is 2.59. The van der Waals surface area contributed by atoms with Gasteiger partial charge in [0.05, 0.1) is 12.8 Å². The maximum Gasteiger partial charge on any atom is 0.308 e. The highest BCUT2D eigenvalue weighted by Gasteiger charge is 2.66. The number of aliphatic carboxylic acids is 1. The molecule has 4 heterocycles. The van der Waals surface area contributed by atoms with Crippen LogP contribution in [0.3, 0.4) is 0 Å². The Morgan fingerprint density at radius 1 is 1.15 bits per heavy atom. The van der Waals surface area contributed by atoms with Crippen LogP contribution in [-0.2, 0) is 33.6 Å². The molecule has 0 aromatic carbocycles. The number of carboxylic acid groups (broad SMARTS) is 1. The standard InChI is InChI=1S/C19H28O8/c1-10-4-5-12-11(2)16(23-14(22)7-6-13(20)21)24-17-15(12)19(10)9-8-18(3,25-17)26-27-19/h10-12,15-17H,4-9H2,1-3H3,(H,20,21). The number of ether oxygens (including phenoxy) is 3. The van der Waals surface area contributed by atoms with Crippen molar-refractivity contribution in [1.29, 1.82) is 0 Å². The van der Waals surface area contributed by atoms with E-state index in [0.717, 1.165) is 25.7 Å². The average molecular weight is 384 g/mol. The molecule has 5 aliphatic rings. The van der Waals surface area contributed by atoms with E-state index in [2.05, 4.69) is 6.92 Å². The van der Waals surface area contributed by atoms with Crippen molar-refractivity contribution < 1.29 is 38.7 Å². The third-order valence-electron chi connectivity index (χ3n) is 6.96. The Kier molecular flexibility index (Phi) is 4.73. The first-order chi connectivity index (χ1) is 12.7. The van der Waals surface area contributed by atoms with Crippen molar-refractivity contribution in [2.75, 3.05) is 0 Å². The maximum atomic E-state index is 12.1. The normalized spacial score (nSPS) is 48.4. The summed E-state index contributed by atoms with van der Waals surface area (Å²) in [5.74, 6) is -1.98. The monoisotopic (exact) mass is 384 g/mol. The smallest absolute Gasteiger partial charge is 0.308 e. The Labute approximate surface area is 158 Å². The molecule has 4 saturated heterocycles. The first kappa shape index (κ1) is 19.1. The summed E-state index contributed by atoms with van der Waals surface area (Å²) < 4.78 is 17.8. The number of carbonyl (C=O) groups is 2. The molecule has 8 nitrogen and oxygen atoms in total. The van der Waals surface area contributed by atoms with Gasteiger partial charge in [-0.15, -0.1) is 0 Å². The van der Waals surface area contributed by atoms with Gasteiger partial charge < -0.3 is 19.3 Å². The van der Waals surface area contributed by atoms with Gasteiger partial charge in [0.15, 0.2) is 6.29 Å². The molecule has 1 aliphatic carbocycles. The Bertz CT molecular complexity index is 611. The van der Waals surface area contributed by atoms with E-state index in [1.54, 1.807) is 0 Å². The first-order valence-electron chi connectivity index (χ1n) is 9.85. The SMILES string of the molecule is CC1C(OC(=O)CCC(=O)O)OC2OC3(C)CCC4(OO3)C(C)CCC1C24. The third-order valence-corrected chi connectivity index (χ3v) is 6.96. The molecule has 0 amide bonds. The van der Waals surface area contributed by atoms with Gasteiger partial charge in [0.25, 0.3) is 0 Å². The van der Waals surface area contributed by atoms with E-state index < -0.39 is 35.9 Å². The van der Waals surface area contributed by atoms with Gasteiger partial charge >= 0.3 is 11.9 Å². The van der Waals surface area contributed by atoms with Crippen LogP contribution in [0.15, 0.2) is 0 Å². The number of carboxylic acids is 1. The molecule has 152 valence electrons. The zero-order valence-electron chi connectivity index (χ0n) is 16.0. The summed E-state index contributed by atoms with van der Waals surface area (Å²) in [5.41, 5.74) is -0.448. The number of fused-ring (bicyclic) bond motifs is 2. The second kappa shape index (κ2) is 6.69. The number of carbonyl (C=O) groups excluding carboxylic acids is 1. The Balaban J connectivity index is 1.57. The minimum Gasteiger partial charge on any atom is -0.481 e. The van der Waals surface area contributed by atoms with Crippen LogP contribution in [0.1, 0.15) is 59.3 Å². The number of esters is 1.